The van der Waals surface area contributed by atoms with Gasteiger partial charge in [-0.15, -0.1) is 0 Å². The van der Waals surface area contributed by atoms with Crippen molar-refractivity contribution in [1.82, 2.24) is 10.3 Å². The minimum atomic E-state index is -0.413. The van der Waals surface area contributed by atoms with Crippen molar-refractivity contribution in [3.8, 4) is 17.4 Å². The van der Waals surface area contributed by atoms with Crippen LogP contribution in [0.1, 0.15) is 23.0 Å². The second-order valence-corrected chi connectivity index (χ2v) is 5.01. The maximum atomic E-state index is 12.2. The zero-order chi connectivity index (χ0) is 16.8. The third-order valence-electron chi connectivity index (χ3n) is 3.02. The van der Waals surface area contributed by atoms with Crippen molar-refractivity contribution in [3.05, 3.63) is 46.6 Å². The van der Waals surface area contributed by atoms with Crippen LogP contribution in [0.3, 0.4) is 0 Å². The molecular formula is C16H17ClN2O4. The second-order valence-electron chi connectivity index (χ2n) is 4.60. The topological polar surface area (TPSA) is 80.7 Å². The summed E-state index contributed by atoms with van der Waals surface area (Å²) in [5, 5.41) is 12.5. The second kappa shape index (κ2) is 7.69. The highest BCUT2D eigenvalue weighted by Crippen LogP contribution is 2.26. The predicted molar refractivity (Wildman–Crippen MR) is 86.2 cm³/mol. The number of phenols is 1. The van der Waals surface area contributed by atoms with Crippen molar-refractivity contribution in [3.63, 3.8) is 0 Å². The predicted octanol–water partition coefficient (Wildman–Crippen LogP) is 2.78. The number of pyridine rings is 1. The molecule has 23 heavy (non-hydrogen) atoms. The third-order valence-corrected chi connectivity index (χ3v) is 3.33. The van der Waals surface area contributed by atoms with Crippen LogP contribution in [0, 0.1) is 0 Å². The molecule has 0 saturated heterocycles. The highest BCUT2D eigenvalue weighted by molar-refractivity contribution is 6.33. The van der Waals surface area contributed by atoms with Gasteiger partial charge in [-0.3, -0.25) is 4.79 Å². The SMILES string of the molecule is CCOc1ccc(Cl)c(C(=O)NCc2ccc(O)c(OC)c2)n1. The first kappa shape index (κ1) is 16.9. The van der Waals surface area contributed by atoms with Gasteiger partial charge < -0.3 is 19.9 Å². The van der Waals surface area contributed by atoms with E-state index in [4.69, 9.17) is 21.1 Å². The first-order chi connectivity index (χ1) is 11.0. The van der Waals surface area contributed by atoms with Gasteiger partial charge in [0.2, 0.25) is 5.88 Å². The number of hydrogen-bond donors (Lipinski definition) is 2. The fourth-order valence-electron chi connectivity index (χ4n) is 1.91. The normalized spacial score (nSPS) is 10.2. The minimum absolute atomic E-state index is 0.0386. The van der Waals surface area contributed by atoms with Crippen LogP contribution in [0.25, 0.3) is 0 Å². The molecule has 0 atom stereocenters. The van der Waals surface area contributed by atoms with Crippen molar-refractivity contribution in [1.29, 1.82) is 0 Å². The number of methoxy groups -OCH3 is 1. The van der Waals surface area contributed by atoms with E-state index in [0.29, 0.717) is 18.2 Å². The number of hydrogen-bond acceptors (Lipinski definition) is 5. The van der Waals surface area contributed by atoms with Crippen molar-refractivity contribution in [2.45, 2.75) is 13.5 Å². The Morgan fingerprint density at radius 2 is 2.13 bits per heavy atom. The molecular weight excluding hydrogens is 320 g/mol. The van der Waals surface area contributed by atoms with Crippen molar-refractivity contribution >= 4 is 17.5 Å². The molecule has 2 N–H and O–H groups in total. The van der Waals surface area contributed by atoms with E-state index in [1.165, 1.54) is 13.2 Å². The smallest absolute Gasteiger partial charge is 0.271 e. The molecule has 0 aliphatic carbocycles. The van der Waals surface area contributed by atoms with E-state index in [-0.39, 0.29) is 23.0 Å². The van der Waals surface area contributed by atoms with E-state index >= 15 is 0 Å². The minimum Gasteiger partial charge on any atom is -0.504 e. The first-order valence-electron chi connectivity index (χ1n) is 6.98. The summed E-state index contributed by atoms with van der Waals surface area (Å²) < 4.78 is 10.3. The lowest BCUT2D eigenvalue weighted by Crippen LogP contribution is -2.24. The maximum absolute atomic E-state index is 12.2. The Morgan fingerprint density at radius 1 is 1.35 bits per heavy atom. The number of ether oxygens (including phenoxy) is 2. The van der Waals surface area contributed by atoms with Gasteiger partial charge in [0.05, 0.1) is 18.7 Å². The number of aromatic nitrogens is 1. The van der Waals surface area contributed by atoms with Gasteiger partial charge in [0.15, 0.2) is 17.2 Å². The summed E-state index contributed by atoms with van der Waals surface area (Å²) in [6.07, 6.45) is 0. The number of halogens is 1. The van der Waals surface area contributed by atoms with Crippen LogP contribution in [0.2, 0.25) is 5.02 Å². The van der Waals surface area contributed by atoms with Crippen LogP contribution in [0.5, 0.6) is 17.4 Å². The van der Waals surface area contributed by atoms with E-state index in [1.807, 2.05) is 6.92 Å². The summed E-state index contributed by atoms with van der Waals surface area (Å²) in [5.74, 6) is 0.305. The number of aromatic hydroxyl groups is 1. The highest BCUT2D eigenvalue weighted by Gasteiger charge is 2.14. The fourth-order valence-corrected chi connectivity index (χ4v) is 2.10. The molecule has 0 unspecified atom stereocenters. The van der Waals surface area contributed by atoms with E-state index in [2.05, 4.69) is 10.3 Å². The van der Waals surface area contributed by atoms with Crippen molar-refractivity contribution < 1.29 is 19.4 Å². The lowest BCUT2D eigenvalue weighted by atomic mass is 10.2. The van der Waals surface area contributed by atoms with Crippen LogP contribution in [-0.4, -0.2) is 29.7 Å². The molecule has 0 aliphatic heterocycles. The molecule has 1 heterocycles. The van der Waals surface area contributed by atoms with E-state index in [9.17, 15) is 9.90 Å². The Labute approximate surface area is 139 Å². The molecule has 0 saturated carbocycles. The number of rotatable bonds is 6. The number of carbonyl (C=O) groups is 1. The average Bonchev–Trinajstić information content (AvgIpc) is 2.55. The van der Waals surface area contributed by atoms with Crippen LogP contribution in [-0.2, 0) is 6.54 Å². The van der Waals surface area contributed by atoms with Crippen LogP contribution in [0.15, 0.2) is 30.3 Å². The van der Waals surface area contributed by atoms with Gasteiger partial charge in [-0.05, 0) is 30.7 Å². The lowest BCUT2D eigenvalue weighted by Gasteiger charge is -2.10. The van der Waals surface area contributed by atoms with Gasteiger partial charge in [-0.25, -0.2) is 4.98 Å². The maximum Gasteiger partial charge on any atom is 0.271 e. The highest BCUT2D eigenvalue weighted by atomic mass is 35.5. The van der Waals surface area contributed by atoms with Gasteiger partial charge in [0.1, 0.15) is 0 Å². The molecule has 6 nitrogen and oxygen atoms in total. The fraction of sp³-hybridized carbons (Fsp3) is 0.250. The molecule has 0 spiro atoms. The summed E-state index contributed by atoms with van der Waals surface area (Å²) in [7, 11) is 1.46. The van der Waals surface area contributed by atoms with E-state index in [1.54, 1.807) is 24.3 Å². The first-order valence-corrected chi connectivity index (χ1v) is 7.36. The molecule has 1 aromatic heterocycles. The molecule has 0 fully saturated rings. The Bertz CT molecular complexity index is 706. The molecule has 2 rings (SSSR count). The molecule has 122 valence electrons. The van der Waals surface area contributed by atoms with Gasteiger partial charge in [-0.2, -0.15) is 0 Å². The third kappa shape index (κ3) is 4.26. The van der Waals surface area contributed by atoms with Crippen LogP contribution >= 0.6 is 11.6 Å². The molecule has 1 amide bonds. The summed E-state index contributed by atoms with van der Waals surface area (Å²) in [4.78, 5) is 16.3. The molecule has 0 bridgehead atoms. The molecule has 7 heteroatoms. The number of benzene rings is 1. The number of phenolic OH excluding ortho intramolecular Hbond substituents is 1. The zero-order valence-electron chi connectivity index (χ0n) is 12.8. The molecule has 2 aromatic rings. The number of carbonyl (C=O) groups excluding carboxylic acids is 1. The molecule has 1 aromatic carbocycles. The number of nitrogens with zero attached hydrogens (tertiary/aromatic N) is 1. The number of amides is 1. The average molecular weight is 337 g/mol. The lowest BCUT2D eigenvalue weighted by molar-refractivity contribution is 0.0945. The van der Waals surface area contributed by atoms with E-state index < -0.39 is 5.91 Å². The summed E-state index contributed by atoms with van der Waals surface area (Å²) in [6.45, 7) is 2.52. The quantitative estimate of drug-likeness (QED) is 0.847. The van der Waals surface area contributed by atoms with Gasteiger partial charge in [0, 0.05) is 12.6 Å². The van der Waals surface area contributed by atoms with Crippen molar-refractivity contribution in [2.75, 3.05) is 13.7 Å². The largest absolute Gasteiger partial charge is 0.504 e. The zero-order valence-corrected chi connectivity index (χ0v) is 13.6. The Hall–Kier alpha value is -2.47. The van der Waals surface area contributed by atoms with Crippen LogP contribution in [0.4, 0.5) is 0 Å². The molecule has 0 radical (unpaired) electrons. The van der Waals surface area contributed by atoms with Gasteiger partial charge in [0.25, 0.3) is 5.91 Å². The Balaban J connectivity index is 2.09. The summed E-state index contributed by atoms with van der Waals surface area (Å²) >= 11 is 6.01. The number of nitrogens with one attached hydrogen (secondary N) is 1. The van der Waals surface area contributed by atoms with Crippen molar-refractivity contribution in [2.24, 2.45) is 0 Å². The summed E-state index contributed by atoms with van der Waals surface area (Å²) in [5.41, 5.74) is 0.869. The molecule has 0 aliphatic rings. The van der Waals surface area contributed by atoms with Gasteiger partial charge in [-0.1, -0.05) is 17.7 Å². The monoisotopic (exact) mass is 336 g/mol. The van der Waals surface area contributed by atoms with E-state index in [0.717, 1.165) is 5.56 Å². The Kier molecular flexibility index (Phi) is 5.65. The van der Waals surface area contributed by atoms with Gasteiger partial charge >= 0.3 is 0 Å². The Morgan fingerprint density at radius 3 is 2.83 bits per heavy atom. The summed E-state index contributed by atoms with van der Waals surface area (Å²) in [6, 6.07) is 8.00. The van der Waals surface area contributed by atoms with Crippen LogP contribution < -0.4 is 14.8 Å². The standard InChI is InChI=1S/C16H17ClN2O4/c1-3-23-14-7-5-11(17)15(19-14)16(21)18-9-10-4-6-12(20)13(8-10)22-2/h4-8,20H,3,9H2,1-2H3,(H,18,21).